The van der Waals surface area contributed by atoms with E-state index in [1.54, 1.807) is 6.08 Å². The number of carbonyl (C=O) groups excluding carboxylic acids is 3. The van der Waals surface area contributed by atoms with Gasteiger partial charge in [0.05, 0.1) is 0 Å². The SMILES string of the molecule is Cc1ccccc1/C=C/C(=O)OCC(=O)NC(=O)NC1CCCCC1. The zero-order chi connectivity index (χ0) is 18.1. The normalized spacial score (nSPS) is 14.9. The summed E-state index contributed by atoms with van der Waals surface area (Å²) >= 11 is 0. The molecule has 2 rings (SSSR count). The van der Waals surface area contributed by atoms with Crippen LogP contribution in [0.25, 0.3) is 6.08 Å². The van der Waals surface area contributed by atoms with E-state index < -0.39 is 24.5 Å². The van der Waals surface area contributed by atoms with Crippen molar-refractivity contribution in [2.75, 3.05) is 6.61 Å². The standard InChI is InChI=1S/C19H24N2O4/c1-14-7-5-6-8-15(14)11-12-18(23)25-13-17(22)21-19(24)20-16-9-3-2-4-10-16/h5-8,11-12,16H,2-4,9-10,13H2,1H3,(H2,20,21,22,24)/b12-11+. The van der Waals surface area contributed by atoms with E-state index in [9.17, 15) is 14.4 Å². The molecule has 0 unspecified atom stereocenters. The Morgan fingerprint density at radius 1 is 1.16 bits per heavy atom. The molecule has 2 N–H and O–H groups in total. The van der Waals surface area contributed by atoms with Gasteiger partial charge in [-0.25, -0.2) is 9.59 Å². The third-order valence-electron chi connectivity index (χ3n) is 4.13. The molecule has 0 spiro atoms. The molecule has 0 saturated heterocycles. The van der Waals surface area contributed by atoms with Crippen molar-refractivity contribution < 1.29 is 19.1 Å². The van der Waals surface area contributed by atoms with Gasteiger partial charge in [-0.05, 0) is 37.0 Å². The largest absolute Gasteiger partial charge is 0.452 e. The summed E-state index contributed by atoms with van der Waals surface area (Å²) in [5.74, 6) is -1.28. The predicted molar refractivity (Wildman–Crippen MR) is 94.7 cm³/mol. The van der Waals surface area contributed by atoms with Crippen LogP contribution in [-0.2, 0) is 14.3 Å². The van der Waals surface area contributed by atoms with E-state index in [1.165, 1.54) is 12.5 Å². The molecule has 0 aliphatic heterocycles. The van der Waals surface area contributed by atoms with Gasteiger partial charge in [-0.15, -0.1) is 0 Å². The van der Waals surface area contributed by atoms with Crippen molar-refractivity contribution in [1.29, 1.82) is 0 Å². The number of hydrogen-bond donors (Lipinski definition) is 2. The highest BCUT2D eigenvalue weighted by Crippen LogP contribution is 2.17. The van der Waals surface area contributed by atoms with E-state index in [-0.39, 0.29) is 6.04 Å². The highest BCUT2D eigenvalue weighted by Gasteiger charge is 2.17. The van der Waals surface area contributed by atoms with Gasteiger partial charge in [-0.2, -0.15) is 0 Å². The van der Waals surface area contributed by atoms with Crippen molar-refractivity contribution in [2.24, 2.45) is 0 Å². The minimum atomic E-state index is -0.647. The van der Waals surface area contributed by atoms with Gasteiger partial charge in [-0.1, -0.05) is 43.5 Å². The van der Waals surface area contributed by atoms with Crippen molar-refractivity contribution in [1.82, 2.24) is 10.6 Å². The lowest BCUT2D eigenvalue weighted by Gasteiger charge is -2.22. The topological polar surface area (TPSA) is 84.5 Å². The van der Waals surface area contributed by atoms with Crippen LogP contribution in [0.4, 0.5) is 4.79 Å². The zero-order valence-corrected chi connectivity index (χ0v) is 14.4. The van der Waals surface area contributed by atoms with Gasteiger partial charge >= 0.3 is 12.0 Å². The summed E-state index contributed by atoms with van der Waals surface area (Å²) in [7, 11) is 0. The molecule has 1 aliphatic rings. The molecule has 25 heavy (non-hydrogen) atoms. The smallest absolute Gasteiger partial charge is 0.331 e. The number of amides is 3. The Bertz CT molecular complexity index is 649. The highest BCUT2D eigenvalue weighted by molar-refractivity contribution is 5.96. The minimum absolute atomic E-state index is 0.112. The van der Waals surface area contributed by atoms with Crippen LogP contribution in [0.15, 0.2) is 30.3 Å². The summed E-state index contributed by atoms with van der Waals surface area (Å²) in [4.78, 5) is 35.0. The summed E-state index contributed by atoms with van der Waals surface area (Å²) in [6.45, 7) is 1.44. The molecule has 0 aromatic heterocycles. The number of benzene rings is 1. The molecule has 6 nitrogen and oxygen atoms in total. The summed E-state index contributed by atoms with van der Waals surface area (Å²) in [5.41, 5.74) is 1.93. The van der Waals surface area contributed by atoms with Crippen LogP contribution >= 0.6 is 0 Å². The number of carbonyl (C=O) groups is 3. The third-order valence-corrected chi connectivity index (χ3v) is 4.13. The Morgan fingerprint density at radius 3 is 2.60 bits per heavy atom. The molecule has 6 heteroatoms. The van der Waals surface area contributed by atoms with Crippen LogP contribution in [0.2, 0.25) is 0 Å². The van der Waals surface area contributed by atoms with Crippen molar-refractivity contribution in [3.63, 3.8) is 0 Å². The van der Waals surface area contributed by atoms with Crippen LogP contribution in [0.3, 0.4) is 0 Å². The van der Waals surface area contributed by atoms with Gasteiger partial charge < -0.3 is 10.1 Å². The van der Waals surface area contributed by atoms with Crippen molar-refractivity contribution in [3.05, 3.63) is 41.5 Å². The van der Waals surface area contributed by atoms with Crippen molar-refractivity contribution in [3.8, 4) is 0 Å². The Balaban J connectivity index is 1.69. The first-order valence-electron chi connectivity index (χ1n) is 8.55. The van der Waals surface area contributed by atoms with Gasteiger partial charge in [0.1, 0.15) is 0 Å². The first-order chi connectivity index (χ1) is 12.0. The quantitative estimate of drug-likeness (QED) is 0.635. The third kappa shape index (κ3) is 6.79. The van der Waals surface area contributed by atoms with Crippen LogP contribution in [0.1, 0.15) is 43.2 Å². The number of hydrogen-bond acceptors (Lipinski definition) is 4. The molecule has 134 valence electrons. The van der Waals surface area contributed by atoms with Gasteiger partial charge in [0.25, 0.3) is 5.91 Å². The molecular formula is C19H24N2O4. The Morgan fingerprint density at radius 2 is 1.88 bits per heavy atom. The molecule has 1 aromatic rings. The maximum Gasteiger partial charge on any atom is 0.331 e. The number of imide groups is 1. The molecule has 1 saturated carbocycles. The molecular weight excluding hydrogens is 320 g/mol. The van der Waals surface area contributed by atoms with Crippen LogP contribution in [0.5, 0.6) is 0 Å². The minimum Gasteiger partial charge on any atom is -0.452 e. The molecule has 0 bridgehead atoms. The van der Waals surface area contributed by atoms with E-state index in [4.69, 9.17) is 4.74 Å². The first kappa shape index (κ1) is 18.7. The molecule has 1 aromatic carbocycles. The van der Waals surface area contributed by atoms with E-state index in [0.29, 0.717) is 0 Å². The average molecular weight is 344 g/mol. The van der Waals surface area contributed by atoms with Gasteiger partial charge in [0.2, 0.25) is 0 Å². The summed E-state index contributed by atoms with van der Waals surface area (Å²) in [5, 5.41) is 4.94. The van der Waals surface area contributed by atoms with Crippen LogP contribution in [0, 0.1) is 6.92 Å². The number of esters is 1. The van der Waals surface area contributed by atoms with E-state index in [0.717, 1.165) is 36.8 Å². The van der Waals surface area contributed by atoms with Crippen molar-refractivity contribution in [2.45, 2.75) is 45.1 Å². The van der Waals surface area contributed by atoms with Crippen LogP contribution < -0.4 is 10.6 Å². The van der Waals surface area contributed by atoms with E-state index in [2.05, 4.69) is 10.6 Å². The number of rotatable bonds is 5. The van der Waals surface area contributed by atoms with Gasteiger partial charge in [-0.3, -0.25) is 10.1 Å². The molecule has 0 heterocycles. The second kappa shape index (κ2) is 9.61. The molecule has 3 amide bonds. The Hall–Kier alpha value is -2.63. The fourth-order valence-electron chi connectivity index (χ4n) is 2.75. The Kier molecular flexibility index (Phi) is 7.19. The average Bonchev–Trinajstić information content (AvgIpc) is 2.60. The molecule has 0 radical (unpaired) electrons. The second-order valence-corrected chi connectivity index (χ2v) is 6.15. The first-order valence-corrected chi connectivity index (χ1v) is 8.55. The fourth-order valence-corrected chi connectivity index (χ4v) is 2.75. The lowest BCUT2D eigenvalue weighted by atomic mass is 9.96. The number of nitrogens with one attached hydrogen (secondary N) is 2. The lowest BCUT2D eigenvalue weighted by Crippen LogP contribution is -2.46. The summed E-state index contributed by atoms with van der Waals surface area (Å²) in [6.07, 6.45) is 8.11. The lowest BCUT2D eigenvalue weighted by molar-refractivity contribution is -0.143. The number of ether oxygens (including phenoxy) is 1. The summed E-state index contributed by atoms with van der Waals surface area (Å²) in [6, 6.07) is 7.17. The predicted octanol–water partition coefficient (Wildman–Crippen LogP) is 2.71. The van der Waals surface area contributed by atoms with E-state index in [1.807, 2.05) is 31.2 Å². The van der Waals surface area contributed by atoms with Crippen LogP contribution in [-0.4, -0.2) is 30.6 Å². The zero-order valence-electron chi connectivity index (χ0n) is 14.4. The maximum absolute atomic E-state index is 11.7. The fraction of sp³-hybridized carbons (Fsp3) is 0.421. The Labute approximate surface area is 147 Å². The van der Waals surface area contributed by atoms with E-state index >= 15 is 0 Å². The molecule has 0 atom stereocenters. The summed E-state index contributed by atoms with van der Waals surface area (Å²) < 4.78 is 4.84. The number of urea groups is 1. The van der Waals surface area contributed by atoms with Crippen molar-refractivity contribution >= 4 is 24.0 Å². The maximum atomic E-state index is 11.7. The van der Waals surface area contributed by atoms with Gasteiger partial charge in [0.15, 0.2) is 6.61 Å². The number of aryl methyl sites for hydroxylation is 1. The van der Waals surface area contributed by atoms with Gasteiger partial charge in [0, 0.05) is 12.1 Å². The monoisotopic (exact) mass is 344 g/mol. The second-order valence-electron chi connectivity index (χ2n) is 6.15. The molecule has 1 aliphatic carbocycles. The molecule has 1 fully saturated rings. The highest BCUT2D eigenvalue weighted by atomic mass is 16.5.